The lowest BCUT2D eigenvalue weighted by Crippen LogP contribution is -2.22. The lowest BCUT2D eigenvalue weighted by Gasteiger charge is -2.18. The molecule has 0 atom stereocenters. The first-order valence-electron chi connectivity index (χ1n) is 7.40. The standard InChI is InChI=1S/C17H22N4O2/c1-11(14-10-21(17(3,4)5)20-12(14)2)18-19-15-9-7-6-8-13(15)16(22)23/h6-10,19H,1-5H3,(H,22,23)/b18-11+. The minimum Gasteiger partial charge on any atom is -0.478 e. The van der Waals surface area contributed by atoms with Crippen molar-refractivity contribution in [2.24, 2.45) is 5.10 Å². The van der Waals surface area contributed by atoms with Crippen LogP contribution in [0, 0.1) is 6.92 Å². The van der Waals surface area contributed by atoms with Crippen LogP contribution in [0.25, 0.3) is 0 Å². The van der Waals surface area contributed by atoms with Crippen LogP contribution in [0.3, 0.4) is 0 Å². The average Bonchev–Trinajstić information content (AvgIpc) is 2.87. The number of hydrazone groups is 1. The number of para-hydroxylation sites is 1. The van der Waals surface area contributed by atoms with E-state index >= 15 is 0 Å². The van der Waals surface area contributed by atoms with E-state index in [1.165, 1.54) is 0 Å². The summed E-state index contributed by atoms with van der Waals surface area (Å²) in [6.45, 7) is 10.0. The molecule has 0 radical (unpaired) electrons. The summed E-state index contributed by atoms with van der Waals surface area (Å²) in [5.74, 6) is -0.988. The zero-order chi connectivity index (χ0) is 17.2. The molecule has 0 saturated carbocycles. The maximum Gasteiger partial charge on any atom is 0.337 e. The summed E-state index contributed by atoms with van der Waals surface area (Å²) < 4.78 is 1.90. The van der Waals surface area contributed by atoms with Gasteiger partial charge in [-0.2, -0.15) is 10.2 Å². The number of nitrogens with zero attached hydrogens (tertiary/aromatic N) is 3. The van der Waals surface area contributed by atoms with Crippen molar-refractivity contribution in [3.05, 3.63) is 47.3 Å². The Morgan fingerprint density at radius 2 is 1.91 bits per heavy atom. The Morgan fingerprint density at radius 3 is 2.48 bits per heavy atom. The van der Waals surface area contributed by atoms with Gasteiger partial charge in [0.05, 0.1) is 28.2 Å². The second-order valence-corrected chi connectivity index (χ2v) is 6.40. The predicted molar refractivity (Wildman–Crippen MR) is 91.2 cm³/mol. The van der Waals surface area contributed by atoms with E-state index in [2.05, 4.69) is 36.4 Å². The maximum atomic E-state index is 11.2. The number of aryl methyl sites for hydroxylation is 1. The molecule has 0 aliphatic heterocycles. The second kappa shape index (κ2) is 6.24. The molecule has 23 heavy (non-hydrogen) atoms. The number of carbonyl (C=O) groups is 1. The van der Waals surface area contributed by atoms with Crippen molar-refractivity contribution >= 4 is 17.4 Å². The van der Waals surface area contributed by atoms with E-state index in [4.69, 9.17) is 0 Å². The fraction of sp³-hybridized carbons (Fsp3) is 0.353. The Labute approximate surface area is 135 Å². The van der Waals surface area contributed by atoms with Crippen LogP contribution in [0.15, 0.2) is 35.6 Å². The van der Waals surface area contributed by atoms with Crippen LogP contribution in [-0.4, -0.2) is 26.6 Å². The van der Waals surface area contributed by atoms with Crippen molar-refractivity contribution in [2.75, 3.05) is 5.43 Å². The first-order chi connectivity index (χ1) is 10.7. The van der Waals surface area contributed by atoms with E-state index in [0.29, 0.717) is 5.69 Å². The number of carboxylic acid groups (broad SMARTS) is 1. The van der Waals surface area contributed by atoms with Gasteiger partial charge in [0.25, 0.3) is 0 Å². The van der Waals surface area contributed by atoms with Crippen LogP contribution in [0.5, 0.6) is 0 Å². The molecule has 1 aromatic heterocycles. The number of aromatic carboxylic acids is 1. The highest BCUT2D eigenvalue weighted by Gasteiger charge is 2.17. The van der Waals surface area contributed by atoms with Crippen molar-refractivity contribution in [2.45, 2.75) is 40.2 Å². The van der Waals surface area contributed by atoms with Crippen LogP contribution in [0.4, 0.5) is 5.69 Å². The van der Waals surface area contributed by atoms with Gasteiger partial charge in [-0.3, -0.25) is 10.1 Å². The number of carboxylic acids is 1. The van der Waals surface area contributed by atoms with Gasteiger partial charge in [0.2, 0.25) is 0 Å². The topological polar surface area (TPSA) is 79.5 Å². The van der Waals surface area contributed by atoms with Gasteiger partial charge in [-0.25, -0.2) is 4.79 Å². The lowest BCUT2D eigenvalue weighted by molar-refractivity contribution is 0.0698. The molecule has 0 bridgehead atoms. The van der Waals surface area contributed by atoms with Gasteiger partial charge in [-0.05, 0) is 46.8 Å². The lowest BCUT2D eigenvalue weighted by atomic mass is 10.1. The van der Waals surface area contributed by atoms with Gasteiger partial charge in [-0.1, -0.05) is 12.1 Å². The van der Waals surface area contributed by atoms with Crippen LogP contribution in [0.2, 0.25) is 0 Å². The summed E-state index contributed by atoms with van der Waals surface area (Å²) in [6, 6.07) is 6.68. The summed E-state index contributed by atoms with van der Waals surface area (Å²) >= 11 is 0. The quantitative estimate of drug-likeness (QED) is 0.669. The molecule has 0 amide bonds. The molecule has 6 heteroatoms. The van der Waals surface area contributed by atoms with Crippen molar-refractivity contribution in [1.82, 2.24) is 9.78 Å². The van der Waals surface area contributed by atoms with Crippen molar-refractivity contribution < 1.29 is 9.90 Å². The molecule has 1 heterocycles. The average molecular weight is 314 g/mol. The molecule has 0 aliphatic rings. The molecule has 0 saturated heterocycles. The largest absolute Gasteiger partial charge is 0.478 e. The van der Waals surface area contributed by atoms with Crippen molar-refractivity contribution in [1.29, 1.82) is 0 Å². The van der Waals surface area contributed by atoms with Crippen LogP contribution in [0.1, 0.15) is 49.3 Å². The molecule has 2 N–H and O–H groups in total. The number of hydrogen-bond donors (Lipinski definition) is 2. The van der Waals surface area contributed by atoms with Gasteiger partial charge in [0.1, 0.15) is 0 Å². The van der Waals surface area contributed by atoms with Gasteiger partial charge >= 0.3 is 5.97 Å². The van der Waals surface area contributed by atoms with Gasteiger partial charge < -0.3 is 5.11 Å². The minimum atomic E-state index is -0.988. The summed E-state index contributed by atoms with van der Waals surface area (Å²) in [4.78, 5) is 11.2. The third-order valence-corrected chi connectivity index (χ3v) is 3.48. The van der Waals surface area contributed by atoms with E-state index < -0.39 is 5.97 Å². The zero-order valence-corrected chi connectivity index (χ0v) is 14.1. The normalized spacial score (nSPS) is 12.3. The highest BCUT2D eigenvalue weighted by molar-refractivity contribution is 6.00. The van der Waals surface area contributed by atoms with Crippen LogP contribution >= 0.6 is 0 Å². The fourth-order valence-electron chi connectivity index (χ4n) is 2.13. The molecule has 2 aromatic rings. The summed E-state index contributed by atoms with van der Waals surface area (Å²) in [7, 11) is 0. The third-order valence-electron chi connectivity index (χ3n) is 3.48. The van der Waals surface area contributed by atoms with Gasteiger partial charge in [0.15, 0.2) is 0 Å². The molecule has 2 rings (SSSR count). The number of nitrogens with one attached hydrogen (secondary N) is 1. The van der Waals surface area contributed by atoms with Crippen LogP contribution in [-0.2, 0) is 5.54 Å². The molecule has 122 valence electrons. The summed E-state index contributed by atoms with van der Waals surface area (Å²) in [6.07, 6.45) is 1.96. The Balaban J connectivity index is 2.28. The van der Waals surface area contributed by atoms with E-state index in [9.17, 15) is 9.90 Å². The molecular formula is C17H22N4O2. The smallest absolute Gasteiger partial charge is 0.337 e. The first-order valence-corrected chi connectivity index (χ1v) is 7.40. The highest BCUT2D eigenvalue weighted by atomic mass is 16.4. The SMILES string of the molecule is C/C(=N\Nc1ccccc1C(=O)O)c1cn(C(C)(C)C)nc1C. The molecule has 0 unspecified atom stereocenters. The Bertz CT molecular complexity index is 754. The third kappa shape index (κ3) is 3.77. The van der Waals surface area contributed by atoms with E-state index in [0.717, 1.165) is 17.0 Å². The zero-order valence-electron chi connectivity index (χ0n) is 14.1. The molecule has 0 aliphatic carbocycles. The van der Waals surface area contributed by atoms with Crippen molar-refractivity contribution in [3.63, 3.8) is 0 Å². The van der Waals surface area contributed by atoms with Crippen molar-refractivity contribution in [3.8, 4) is 0 Å². The Morgan fingerprint density at radius 1 is 1.26 bits per heavy atom. The minimum absolute atomic E-state index is 0.105. The first kappa shape index (κ1) is 16.7. The molecule has 0 spiro atoms. The fourth-order valence-corrected chi connectivity index (χ4v) is 2.13. The van der Waals surface area contributed by atoms with Gasteiger partial charge in [0, 0.05) is 11.8 Å². The summed E-state index contributed by atoms with van der Waals surface area (Å²) in [5, 5.41) is 18.0. The maximum absolute atomic E-state index is 11.2. The Kier molecular flexibility index (Phi) is 4.54. The molecule has 0 fully saturated rings. The van der Waals surface area contributed by atoms with Crippen LogP contribution < -0.4 is 5.43 Å². The number of anilines is 1. The summed E-state index contributed by atoms with van der Waals surface area (Å²) in [5.41, 5.74) is 5.94. The highest BCUT2D eigenvalue weighted by Crippen LogP contribution is 2.18. The number of rotatable bonds is 4. The molecular weight excluding hydrogens is 292 g/mol. The number of benzene rings is 1. The van der Waals surface area contributed by atoms with E-state index in [1.807, 2.05) is 24.7 Å². The molecule has 6 nitrogen and oxygen atoms in total. The molecule has 1 aromatic carbocycles. The van der Waals surface area contributed by atoms with E-state index in [1.54, 1.807) is 24.3 Å². The monoisotopic (exact) mass is 314 g/mol. The van der Waals surface area contributed by atoms with Gasteiger partial charge in [-0.15, -0.1) is 0 Å². The Hall–Kier alpha value is -2.63. The predicted octanol–water partition coefficient (Wildman–Crippen LogP) is 3.48. The van der Waals surface area contributed by atoms with E-state index in [-0.39, 0.29) is 11.1 Å². The number of hydrogen-bond acceptors (Lipinski definition) is 4. The number of aromatic nitrogens is 2. The second-order valence-electron chi connectivity index (χ2n) is 6.40.